The van der Waals surface area contributed by atoms with Gasteiger partial charge in [-0.25, -0.2) is 22.5 Å². The van der Waals surface area contributed by atoms with Crippen molar-refractivity contribution < 1.29 is 17.6 Å². The first-order chi connectivity index (χ1) is 16.4. The van der Waals surface area contributed by atoms with E-state index in [0.29, 0.717) is 32.4 Å². The van der Waals surface area contributed by atoms with Crippen LogP contribution in [0.2, 0.25) is 0 Å². The summed E-state index contributed by atoms with van der Waals surface area (Å²) < 4.78 is 42.8. The molecular formula is C25H26FN3O3S2. The molecule has 1 aromatic heterocycles. The van der Waals surface area contributed by atoms with Crippen molar-refractivity contribution in [1.29, 1.82) is 0 Å². The number of piperidine rings is 1. The molecule has 2 aliphatic rings. The lowest BCUT2D eigenvalue weighted by atomic mass is 9.82. The molecule has 34 heavy (non-hydrogen) atoms. The molecule has 9 heteroatoms. The van der Waals surface area contributed by atoms with E-state index in [1.165, 1.54) is 18.2 Å². The Bertz CT molecular complexity index is 1300. The molecule has 2 heterocycles. The lowest BCUT2D eigenvalue weighted by molar-refractivity contribution is -0.137. The van der Waals surface area contributed by atoms with Crippen molar-refractivity contribution in [1.82, 2.24) is 14.6 Å². The molecule has 1 amide bonds. The summed E-state index contributed by atoms with van der Waals surface area (Å²) in [4.78, 5) is 20.1. The highest BCUT2D eigenvalue weighted by Gasteiger charge is 2.37. The lowest BCUT2D eigenvalue weighted by Crippen LogP contribution is -2.51. The van der Waals surface area contributed by atoms with Crippen LogP contribution in [0.3, 0.4) is 0 Å². The fraction of sp³-hybridized carbons (Fsp3) is 0.360. The summed E-state index contributed by atoms with van der Waals surface area (Å²) in [6.07, 6.45) is 6.92. The number of fused-ring (bicyclic) bond motifs is 1. The summed E-state index contributed by atoms with van der Waals surface area (Å²) >= 11 is 1.64. The second-order valence-corrected chi connectivity index (χ2v) is 11.7. The molecule has 1 saturated heterocycles. The van der Waals surface area contributed by atoms with Crippen LogP contribution < -0.4 is 4.72 Å². The number of hydrogen-bond donors (Lipinski definition) is 1. The smallest absolute Gasteiger partial charge is 0.240 e. The van der Waals surface area contributed by atoms with Crippen LogP contribution in [-0.2, 0) is 14.8 Å². The van der Waals surface area contributed by atoms with Gasteiger partial charge in [-0.15, -0.1) is 11.3 Å². The first kappa shape index (κ1) is 23.1. The third-order valence-corrected chi connectivity index (χ3v) is 9.22. The van der Waals surface area contributed by atoms with Crippen LogP contribution in [0.15, 0.2) is 65.6 Å². The Balaban J connectivity index is 1.31. The van der Waals surface area contributed by atoms with E-state index in [1.807, 2.05) is 24.3 Å². The molecule has 0 radical (unpaired) electrons. The minimum Gasteiger partial charge on any atom is -0.341 e. The molecule has 5 rings (SSSR count). The predicted octanol–water partition coefficient (Wildman–Crippen LogP) is 4.45. The van der Waals surface area contributed by atoms with Gasteiger partial charge in [0.15, 0.2) is 0 Å². The van der Waals surface area contributed by atoms with E-state index in [1.54, 1.807) is 16.2 Å². The van der Waals surface area contributed by atoms with Gasteiger partial charge in [0.25, 0.3) is 0 Å². The van der Waals surface area contributed by atoms with Crippen LogP contribution in [0.4, 0.5) is 4.39 Å². The number of nitrogens with one attached hydrogen (secondary N) is 1. The lowest BCUT2D eigenvalue weighted by Gasteiger charge is -2.37. The Morgan fingerprint density at radius 2 is 1.94 bits per heavy atom. The highest BCUT2D eigenvalue weighted by molar-refractivity contribution is 7.89. The maximum absolute atomic E-state index is 13.6. The first-order valence-corrected chi connectivity index (χ1v) is 13.8. The number of para-hydroxylation sites is 1. The summed E-state index contributed by atoms with van der Waals surface area (Å²) in [6, 6.07) is 12.5. The molecule has 3 aromatic rings. The Kier molecular flexibility index (Phi) is 6.50. The molecule has 1 aliphatic carbocycles. The molecule has 3 atom stereocenters. The molecule has 6 nitrogen and oxygen atoms in total. The number of nitrogens with zero attached hydrogens (tertiary/aromatic N) is 2. The quantitative estimate of drug-likeness (QED) is 0.526. The number of benzene rings is 2. The second kappa shape index (κ2) is 9.56. The third kappa shape index (κ3) is 4.78. The maximum Gasteiger partial charge on any atom is 0.240 e. The molecule has 0 bridgehead atoms. The largest absolute Gasteiger partial charge is 0.341 e. The van der Waals surface area contributed by atoms with Crippen LogP contribution >= 0.6 is 11.3 Å². The Labute approximate surface area is 202 Å². The van der Waals surface area contributed by atoms with Gasteiger partial charge in [-0.05, 0) is 56.0 Å². The number of hydrogen-bond acceptors (Lipinski definition) is 5. The van der Waals surface area contributed by atoms with E-state index >= 15 is 0 Å². The van der Waals surface area contributed by atoms with Gasteiger partial charge in [-0.3, -0.25) is 4.79 Å². The van der Waals surface area contributed by atoms with Gasteiger partial charge >= 0.3 is 0 Å². The third-order valence-electron chi connectivity index (χ3n) is 6.54. The minimum absolute atomic E-state index is 0.0132. The zero-order chi connectivity index (χ0) is 23.7. The standard InChI is InChI=1S/C25H26FN3O3S2/c26-17-7-5-9-19(15-17)34(31,32)28-18-8-6-14-29(16-18)25(30)21-11-2-1-10-20(21)24-27-22-12-3-4-13-23(22)33-24/h1-5,7,9,12-13,15,18,20-21,28H,6,8,10-11,14,16H2. The van der Waals surface area contributed by atoms with Crippen molar-refractivity contribution in [3.8, 4) is 0 Å². The molecule has 2 aromatic carbocycles. The number of rotatable bonds is 5. The highest BCUT2D eigenvalue weighted by atomic mass is 32.2. The van der Waals surface area contributed by atoms with Crippen molar-refractivity contribution >= 4 is 37.5 Å². The van der Waals surface area contributed by atoms with Crippen molar-refractivity contribution in [3.63, 3.8) is 0 Å². The molecule has 3 unspecified atom stereocenters. The fourth-order valence-corrected chi connectivity index (χ4v) is 7.28. The Morgan fingerprint density at radius 1 is 1.12 bits per heavy atom. The van der Waals surface area contributed by atoms with E-state index in [9.17, 15) is 17.6 Å². The van der Waals surface area contributed by atoms with Crippen molar-refractivity contribution in [2.75, 3.05) is 13.1 Å². The number of sulfonamides is 1. The van der Waals surface area contributed by atoms with Gasteiger partial charge < -0.3 is 4.90 Å². The predicted molar refractivity (Wildman–Crippen MR) is 131 cm³/mol. The Morgan fingerprint density at radius 3 is 2.76 bits per heavy atom. The minimum atomic E-state index is -3.87. The Hall–Kier alpha value is -2.62. The highest BCUT2D eigenvalue weighted by Crippen LogP contribution is 2.39. The molecule has 1 fully saturated rings. The van der Waals surface area contributed by atoms with E-state index in [2.05, 4.69) is 16.9 Å². The summed E-state index contributed by atoms with van der Waals surface area (Å²) in [5.74, 6) is -0.763. The van der Waals surface area contributed by atoms with Crippen molar-refractivity contribution in [3.05, 3.63) is 71.5 Å². The first-order valence-electron chi connectivity index (χ1n) is 11.5. The summed E-state index contributed by atoms with van der Waals surface area (Å²) in [5, 5.41) is 0.976. The number of likely N-dealkylation sites (tertiary alicyclic amines) is 1. The van der Waals surface area contributed by atoms with Gasteiger partial charge in [0, 0.05) is 25.0 Å². The molecule has 0 saturated carbocycles. The second-order valence-electron chi connectivity index (χ2n) is 8.88. The molecular weight excluding hydrogens is 473 g/mol. The fourth-order valence-electron chi connectivity index (χ4n) is 4.84. The van der Waals surface area contributed by atoms with Crippen LogP contribution in [0, 0.1) is 11.7 Å². The zero-order valence-corrected chi connectivity index (χ0v) is 20.2. The van der Waals surface area contributed by atoms with Crippen molar-refractivity contribution in [2.24, 2.45) is 5.92 Å². The molecule has 0 spiro atoms. The molecule has 1 N–H and O–H groups in total. The average molecular weight is 500 g/mol. The van der Waals surface area contributed by atoms with Crippen LogP contribution in [0.1, 0.15) is 36.6 Å². The van der Waals surface area contributed by atoms with Gasteiger partial charge in [-0.1, -0.05) is 30.4 Å². The number of aromatic nitrogens is 1. The maximum atomic E-state index is 13.6. The van der Waals surface area contributed by atoms with Gasteiger partial charge in [0.05, 0.1) is 26.0 Å². The van der Waals surface area contributed by atoms with E-state index in [0.717, 1.165) is 27.7 Å². The van der Waals surface area contributed by atoms with E-state index in [4.69, 9.17) is 4.98 Å². The van der Waals surface area contributed by atoms with Crippen LogP contribution in [-0.4, -0.2) is 43.3 Å². The summed E-state index contributed by atoms with van der Waals surface area (Å²) in [6.45, 7) is 0.907. The normalized spacial score (nSPS) is 23.3. The number of carbonyl (C=O) groups excluding carboxylic acids is 1. The monoisotopic (exact) mass is 499 g/mol. The SMILES string of the molecule is O=C(C1CC=CCC1c1nc2ccccc2s1)N1CCCC(NS(=O)(=O)c2cccc(F)c2)C1. The summed E-state index contributed by atoms with van der Waals surface area (Å²) in [5.41, 5.74) is 0.952. The van der Waals surface area contributed by atoms with E-state index in [-0.39, 0.29) is 22.6 Å². The van der Waals surface area contributed by atoms with Crippen LogP contribution in [0.5, 0.6) is 0 Å². The number of allylic oxidation sites excluding steroid dienone is 2. The number of carbonyl (C=O) groups is 1. The number of halogens is 1. The van der Waals surface area contributed by atoms with Crippen LogP contribution in [0.25, 0.3) is 10.2 Å². The molecule has 1 aliphatic heterocycles. The topological polar surface area (TPSA) is 79.4 Å². The summed E-state index contributed by atoms with van der Waals surface area (Å²) in [7, 11) is -3.87. The van der Waals surface area contributed by atoms with Gasteiger partial charge in [0.1, 0.15) is 5.82 Å². The van der Waals surface area contributed by atoms with Gasteiger partial charge in [-0.2, -0.15) is 0 Å². The van der Waals surface area contributed by atoms with Gasteiger partial charge in [0.2, 0.25) is 15.9 Å². The molecule has 178 valence electrons. The number of thiazole rings is 1. The zero-order valence-electron chi connectivity index (χ0n) is 18.6. The number of amides is 1. The van der Waals surface area contributed by atoms with E-state index < -0.39 is 21.9 Å². The average Bonchev–Trinajstić information content (AvgIpc) is 3.28. The van der Waals surface area contributed by atoms with Crippen molar-refractivity contribution in [2.45, 2.75) is 42.5 Å².